The van der Waals surface area contributed by atoms with E-state index in [-0.39, 0.29) is 11.5 Å². The van der Waals surface area contributed by atoms with Crippen molar-refractivity contribution in [2.24, 2.45) is 0 Å². The molecular formula is C17H11NO3. The number of ketones is 1. The van der Waals surface area contributed by atoms with Gasteiger partial charge in [-0.2, -0.15) is 5.26 Å². The maximum atomic E-state index is 12.4. The molecule has 3 rings (SSSR count). The van der Waals surface area contributed by atoms with Crippen molar-refractivity contribution < 1.29 is 13.9 Å². The number of hydrogen-bond donors (Lipinski definition) is 0. The van der Waals surface area contributed by atoms with Crippen molar-refractivity contribution in [2.75, 3.05) is 7.11 Å². The second-order valence-electron chi connectivity index (χ2n) is 4.53. The number of nitriles is 1. The van der Waals surface area contributed by atoms with E-state index in [4.69, 9.17) is 14.4 Å². The molecule has 2 aromatic carbocycles. The summed E-state index contributed by atoms with van der Waals surface area (Å²) in [5.74, 6) is 0.743. The van der Waals surface area contributed by atoms with Gasteiger partial charge in [0.1, 0.15) is 11.3 Å². The second-order valence-corrected chi connectivity index (χ2v) is 4.53. The van der Waals surface area contributed by atoms with E-state index >= 15 is 0 Å². The number of ether oxygens (including phenoxy) is 1. The van der Waals surface area contributed by atoms with Crippen molar-refractivity contribution in [3.8, 4) is 11.8 Å². The van der Waals surface area contributed by atoms with E-state index in [1.807, 2.05) is 0 Å². The zero-order valence-electron chi connectivity index (χ0n) is 11.3. The van der Waals surface area contributed by atoms with Gasteiger partial charge in [-0.15, -0.1) is 0 Å². The number of nitrogens with zero attached hydrogens (tertiary/aromatic N) is 1. The first-order valence-corrected chi connectivity index (χ1v) is 6.34. The number of benzene rings is 2. The predicted octanol–water partition coefficient (Wildman–Crippen LogP) is 3.54. The van der Waals surface area contributed by atoms with Gasteiger partial charge in [-0.25, -0.2) is 0 Å². The Hall–Kier alpha value is -3.06. The van der Waals surface area contributed by atoms with E-state index in [1.54, 1.807) is 55.6 Å². The molecule has 0 N–H and O–H groups in total. The van der Waals surface area contributed by atoms with Gasteiger partial charge in [-0.3, -0.25) is 4.79 Å². The van der Waals surface area contributed by atoms with Gasteiger partial charge in [0.25, 0.3) is 0 Å². The topological polar surface area (TPSA) is 63.2 Å². The highest BCUT2D eigenvalue weighted by Gasteiger charge is 2.15. The lowest BCUT2D eigenvalue weighted by molar-refractivity contribution is 0.101. The van der Waals surface area contributed by atoms with Crippen LogP contribution >= 0.6 is 0 Å². The highest BCUT2D eigenvalue weighted by molar-refractivity contribution is 6.09. The zero-order valence-corrected chi connectivity index (χ0v) is 11.3. The molecule has 0 unspecified atom stereocenters. The minimum absolute atomic E-state index is 0.202. The van der Waals surface area contributed by atoms with Crippen LogP contribution in [0.3, 0.4) is 0 Å². The summed E-state index contributed by atoms with van der Waals surface area (Å²) in [7, 11) is 1.57. The molecule has 0 aliphatic rings. The summed E-state index contributed by atoms with van der Waals surface area (Å²) in [6.07, 6.45) is 0. The van der Waals surface area contributed by atoms with Crippen LogP contribution in [0.2, 0.25) is 0 Å². The van der Waals surface area contributed by atoms with Crippen molar-refractivity contribution in [3.63, 3.8) is 0 Å². The lowest BCUT2D eigenvalue weighted by Gasteiger charge is -2.00. The number of carbonyl (C=O) groups is 1. The van der Waals surface area contributed by atoms with Gasteiger partial charge in [0.2, 0.25) is 5.78 Å². The third-order valence-electron chi connectivity index (χ3n) is 3.22. The van der Waals surface area contributed by atoms with Crippen LogP contribution in [0.5, 0.6) is 5.75 Å². The lowest BCUT2D eigenvalue weighted by Crippen LogP contribution is -1.99. The number of hydrogen-bond acceptors (Lipinski definition) is 4. The van der Waals surface area contributed by atoms with Gasteiger partial charge in [-0.05, 0) is 48.5 Å². The van der Waals surface area contributed by atoms with Gasteiger partial charge in [0.05, 0.1) is 18.7 Å². The van der Waals surface area contributed by atoms with Crippen molar-refractivity contribution in [2.45, 2.75) is 0 Å². The number of methoxy groups -OCH3 is 1. The van der Waals surface area contributed by atoms with E-state index < -0.39 is 0 Å². The minimum Gasteiger partial charge on any atom is -0.497 e. The summed E-state index contributed by atoms with van der Waals surface area (Å²) in [4.78, 5) is 12.4. The smallest absolute Gasteiger partial charge is 0.228 e. The molecule has 0 atom stereocenters. The standard InChI is InChI=1S/C17H11NO3/c1-20-14-5-3-12(4-6-14)17(19)16-9-13-8-11(10-18)2-7-15(13)21-16/h2-9H,1H3. The highest BCUT2D eigenvalue weighted by atomic mass is 16.5. The molecule has 4 heteroatoms. The van der Waals surface area contributed by atoms with Gasteiger partial charge < -0.3 is 9.15 Å². The Kier molecular flexibility index (Phi) is 3.17. The normalized spacial score (nSPS) is 10.3. The van der Waals surface area contributed by atoms with E-state index in [1.165, 1.54) is 0 Å². The number of fused-ring (bicyclic) bond motifs is 1. The molecule has 1 heterocycles. The van der Waals surface area contributed by atoms with Crippen LogP contribution in [0.15, 0.2) is 52.9 Å². The van der Waals surface area contributed by atoms with E-state index in [0.717, 1.165) is 5.39 Å². The number of rotatable bonds is 3. The molecule has 21 heavy (non-hydrogen) atoms. The first kappa shape index (κ1) is 12.9. The minimum atomic E-state index is -0.202. The average Bonchev–Trinajstić information content (AvgIpc) is 2.97. The Labute approximate surface area is 121 Å². The average molecular weight is 277 g/mol. The maximum Gasteiger partial charge on any atom is 0.228 e. The Balaban J connectivity index is 1.99. The quantitative estimate of drug-likeness (QED) is 0.687. The van der Waals surface area contributed by atoms with Crippen LogP contribution in [-0.4, -0.2) is 12.9 Å². The van der Waals surface area contributed by atoms with Crippen LogP contribution in [-0.2, 0) is 0 Å². The largest absolute Gasteiger partial charge is 0.497 e. The number of carbonyl (C=O) groups excluding carboxylic acids is 1. The fourth-order valence-electron chi connectivity index (χ4n) is 2.11. The van der Waals surface area contributed by atoms with E-state index in [2.05, 4.69) is 6.07 Å². The summed E-state index contributed by atoms with van der Waals surface area (Å²) in [5.41, 5.74) is 1.65. The molecule has 0 saturated heterocycles. The molecule has 0 saturated carbocycles. The number of furan rings is 1. The predicted molar refractivity (Wildman–Crippen MR) is 77.4 cm³/mol. The molecule has 0 amide bonds. The van der Waals surface area contributed by atoms with Crippen LogP contribution in [0.4, 0.5) is 0 Å². The van der Waals surface area contributed by atoms with Gasteiger partial charge >= 0.3 is 0 Å². The molecule has 0 fully saturated rings. The van der Waals surface area contributed by atoms with Crippen LogP contribution in [0.1, 0.15) is 21.7 Å². The third-order valence-corrected chi connectivity index (χ3v) is 3.22. The first-order chi connectivity index (χ1) is 10.2. The summed E-state index contributed by atoms with van der Waals surface area (Å²) in [6.45, 7) is 0. The van der Waals surface area contributed by atoms with Crippen LogP contribution in [0, 0.1) is 11.3 Å². The Morgan fingerprint density at radius 2 is 1.90 bits per heavy atom. The van der Waals surface area contributed by atoms with E-state index in [0.29, 0.717) is 22.5 Å². The zero-order chi connectivity index (χ0) is 14.8. The third kappa shape index (κ3) is 2.37. The maximum absolute atomic E-state index is 12.4. The van der Waals surface area contributed by atoms with Gasteiger partial charge in [-0.1, -0.05) is 0 Å². The SMILES string of the molecule is COc1ccc(C(=O)c2cc3cc(C#N)ccc3o2)cc1. The van der Waals surface area contributed by atoms with Gasteiger partial charge in [0.15, 0.2) is 5.76 Å². The Morgan fingerprint density at radius 1 is 1.14 bits per heavy atom. The molecule has 3 aromatic rings. The van der Waals surface area contributed by atoms with Crippen molar-refractivity contribution >= 4 is 16.8 Å². The summed E-state index contributed by atoms with van der Waals surface area (Å²) >= 11 is 0. The molecule has 4 nitrogen and oxygen atoms in total. The first-order valence-electron chi connectivity index (χ1n) is 6.34. The summed E-state index contributed by atoms with van der Waals surface area (Å²) in [5, 5.41) is 9.62. The molecular weight excluding hydrogens is 266 g/mol. The van der Waals surface area contributed by atoms with Crippen molar-refractivity contribution in [3.05, 3.63) is 65.4 Å². The van der Waals surface area contributed by atoms with Crippen molar-refractivity contribution in [1.82, 2.24) is 0 Å². The molecule has 0 bridgehead atoms. The van der Waals surface area contributed by atoms with Crippen molar-refractivity contribution in [1.29, 1.82) is 5.26 Å². The molecule has 102 valence electrons. The van der Waals surface area contributed by atoms with Gasteiger partial charge in [0, 0.05) is 10.9 Å². The molecule has 1 aromatic heterocycles. The lowest BCUT2D eigenvalue weighted by atomic mass is 10.1. The van der Waals surface area contributed by atoms with Crippen LogP contribution < -0.4 is 4.74 Å². The molecule has 0 spiro atoms. The molecule has 0 aliphatic carbocycles. The molecule has 0 radical (unpaired) electrons. The highest BCUT2D eigenvalue weighted by Crippen LogP contribution is 2.23. The second kappa shape index (κ2) is 5.14. The van der Waals surface area contributed by atoms with Crippen LogP contribution in [0.25, 0.3) is 11.0 Å². The summed E-state index contributed by atoms with van der Waals surface area (Å²) < 4.78 is 10.6. The Bertz CT molecular complexity index is 854. The Morgan fingerprint density at radius 3 is 2.57 bits per heavy atom. The molecule has 0 aliphatic heterocycles. The summed E-state index contributed by atoms with van der Waals surface area (Å²) in [6, 6.07) is 15.6. The van der Waals surface area contributed by atoms with E-state index in [9.17, 15) is 4.79 Å². The fourth-order valence-corrected chi connectivity index (χ4v) is 2.11. The monoisotopic (exact) mass is 277 g/mol. The fraction of sp³-hybridized carbons (Fsp3) is 0.0588.